The van der Waals surface area contributed by atoms with Gasteiger partial charge in [0.1, 0.15) is 10.6 Å². The molecule has 168 valence electrons. The quantitative estimate of drug-likeness (QED) is 0.682. The molecule has 0 bridgehead atoms. The largest absolute Gasteiger partial charge is 0.507 e. The normalized spacial score (nSPS) is 23.0. The summed E-state index contributed by atoms with van der Waals surface area (Å²) < 4.78 is 33.9. The van der Waals surface area contributed by atoms with Crippen LogP contribution in [0.15, 0.2) is 35.2 Å². The Morgan fingerprint density at radius 3 is 2.58 bits per heavy atom. The van der Waals surface area contributed by atoms with Crippen LogP contribution in [-0.4, -0.2) is 43.6 Å². The number of phenolic OH excluding ortho intramolecular Hbond substituents is 1. The van der Waals surface area contributed by atoms with Gasteiger partial charge in [0.2, 0.25) is 10.0 Å². The molecule has 31 heavy (non-hydrogen) atoms. The smallest absolute Gasteiger partial charge is 0.244 e. The number of aryl methyl sites for hydroxylation is 1. The summed E-state index contributed by atoms with van der Waals surface area (Å²) in [4.78, 5) is 0.0338. The number of nitrogens with two attached hydrogens (primary N) is 1. The van der Waals surface area contributed by atoms with E-state index < -0.39 is 10.0 Å². The fraction of sp³-hybridized carbons (Fsp3) is 0.455. The van der Waals surface area contributed by atoms with Crippen molar-refractivity contribution in [2.45, 2.75) is 43.3 Å². The molecule has 3 N–H and O–H groups in total. The summed E-state index contributed by atoms with van der Waals surface area (Å²) in [5, 5.41) is 11.1. The summed E-state index contributed by atoms with van der Waals surface area (Å²) in [5.41, 5.74) is 8.62. The van der Waals surface area contributed by atoms with Crippen molar-refractivity contribution in [3.05, 3.63) is 57.1 Å². The van der Waals surface area contributed by atoms with E-state index in [1.54, 1.807) is 6.07 Å². The number of piperidine rings is 1. The maximum absolute atomic E-state index is 13.1. The van der Waals surface area contributed by atoms with E-state index in [9.17, 15) is 13.5 Å². The van der Waals surface area contributed by atoms with Gasteiger partial charge in [-0.2, -0.15) is 4.31 Å². The minimum atomic E-state index is -3.73. The van der Waals surface area contributed by atoms with E-state index in [4.69, 9.17) is 33.7 Å². The predicted molar refractivity (Wildman–Crippen MR) is 121 cm³/mol. The first-order chi connectivity index (χ1) is 14.7. The highest BCUT2D eigenvalue weighted by atomic mass is 35.5. The Morgan fingerprint density at radius 2 is 1.90 bits per heavy atom. The minimum Gasteiger partial charge on any atom is -0.507 e. The zero-order chi connectivity index (χ0) is 22.3. The van der Waals surface area contributed by atoms with Gasteiger partial charge in [-0.15, -0.1) is 0 Å². The molecule has 0 aliphatic carbocycles. The molecule has 2 heterocycles. The zero-order valence-corrected chi connectivity index (χ0v) is 19.6. The molecule has 9 heteroatoms. The van der Waals surface area contributed by atoms with Crippen molar-refractivity contribution < 1.29 is 18.3 Å². The van der Waals surface area contributed by atoms with Crippen LogP contribution < -0.4 is 5.73 Å². The first-order valence-corrected chi connectivity index (χ1v) is 12.5. The highest BCUT2D eigenvalue weighted by Crippen LogP contribution is 2.41. The molecular weight excluding hydrogens is 459 g/mol. The molecule has 0 spiro atoms. The number of sulfonamides is 1. The van der Waals surface area contributed by atoms with Crippen LogP contribution in [0.2, 0.25) is 10.0 Å². The van der Waals surface area contributed by atoms with Crippen molar-refractivity contribution in [2.75, 3.05) is 19.6 Å². The molecule has 1 fully saturated rings. The number of ether oxygens (including phenoxy) is 1. The third-order valence-electron chi connectivity index (χ3n) is 6.36. The van der Waals surface area contributed by atoms with Crippen molar-refractivity contribution >= 4 is 33.2 Å². The number of nitrogens with zero attached hydrogens (tertiary/aromatic N) is 1. The summed E-state index contributed by atoms with van der Waals surface area (Å²) in [6.07, 6.45) is 1.51. The number of phenols is 1. The molecule has 6 nitrogen and oxygen atoms in total. The molecule has 0 saturated carbocycles. The van der Waals surface area contributed by atoms with Crippen LogP contribution in [0.25, 0.3) is 0 Å². The van der Waals surface area contributed by atoms with E-state index in [1.807, 2.05) is 19.1 Å². The molecule has 4 rings (SSSR count). The lowest BCUT2D eigenvalue weighted by atomic mass is 9.83. The molecule has 2 aliphatic rings. The van der Waals surface area contributed by atoms with Crippen LogP contribution in [-0.2, 0) is 21.2 Å². The lowest BCUT2D eigenvalue weighted by Crippen LogP contribution is -2.44. The van der Waals surface area contributed by atoms with Gasteiger partial charge < -0.3 is 15.6 Å². The number of fused-ring (bicyclic) bond motifs is 1. The molecule has 0 amide bonds. The van der Waals surface area contributed by atoms with E-state index >= 15 is 0 Å². The third-order valence-corrected chi connectivity index (χ3v) is 8.98. The number of benzene rings is 2. The van der Waals surface area contributed by atoms with Crippen molar-refractivity contribution in [1.29, 1.82) is 0 Å². The Bertz CT molecular complexity index is 1090. The van der Waals surface area contributed by atoms with Gasteiger partial charge in [0.05, 0.1) is 17.2 Å². The van der Waals surface area contributed by atoms with E-state index in [0.29, 0.717) is 49.7 Å². The first-order valence-electron chi connectivity index (χ1n) is 10.3. The summed E-state index contributed by atoms with van der Waals surface area (Å²) in [7, 11) is -3.73. The van der Waals surface area contributed by atoms with Crippen LogP contribution in [0.5, 0.6) is 5.75 Å². The Hall–Kier alpha value is -1.35. The molecule has 2 aromatic rings. The zero-order valence-electron chi connectivity index (χ0n) is 17.2. The maximum Gasteiger partial charge on any atom is 0.244 e. The molecule has 2 atom stereocenters. The molecular formula is C22H26Cl2N2O4S. The van der Waals surface area contributed by atoms with Crippen LogP contribution in [0.4, 0.5) is 0 Å². The predicted octanol–water partition coefficient (Wildman–Crippen LogP) is 4.05. The molecule has 0 unspecified atom stereocenters. The Kier molecular flexibility index (Phi) is 6.54. The average Bonchev–Trinajstić information content (AvgIpc) is 2.77. The topological polar surface area (TPSA) is 92.9 Å². The first kappa shape index (κ1) is 22.8. The van der Waals surface area contributed by atoms with Gasteiger partial charge in [-0.3, -0.25) is 0 Å². The lowest BCUT2D eigenvalue weighted by molar-refractivity contribution is -0.0612. The minimum absolute atomic E-state index is 0.0338. The second kappa shape index (κ2) is 8.89. The van der Waals surface area contributed by atoms with E-state index in [0.717, 1.165) is 16.7 Å². The van der Waals surface area contributed by atoms with Crippen molar-refractivity contribution in [2.24, 2.45) is 11.7 Å². The number of hydrogen-bond acceptors (Lipinski definition) is 5. The molecule has 0 aromatic heterocycles. The monoisotopic (exact) mass is 484 g/mol. The second-order valence-electron chi connectivity index (χ2n) is 8.22. The number of rotatable bonds is 4. The molecule has 2 aromatic carbocycles. The van der Waals surface area contributed by atoms with Gasteiger partial charge >= 0.3 is 0 Å². The van der Waals surface area contributed by atoms with E-state index in [-0.39, 0.29) is 28.0 Å². The Labute approximate surface area is 193 Å². The summed E-state index contributed by atoms with van der Waals surface area (Å²) in [6.45, 7) is 2.94. The number of aromatic hydroxyl groups is 1. The number of hydrogen-bond donors (Lipinski definition) is 2. The van der Waals surface area contributed by atoms with Crippen molar-refractivity contribution in [3.8, 4) is 5.75 Å². The molecule has 2 aliphatic heterocycles. The van der Waals surface area contributed by atoms with E-state index in [2.05, 4.69) is 0 Å². The second-order valence-corrected chi connectivity index (χ2v) is 11.0. The van der Waals surface area contributed by atoms with Gasteiger partial charge in [-0.25, -0.2) is 8.42 Å². The Balaban J connectivity index is 1.50. The molecule has 1 saturated heterocycles. The summed E-state index contributed by atoms with van der Waals surface area (Å²) >= 11 is 12.1. The number of halogens is 2. The summed E-state index contributed by atoms with van der Waals surface area (Å²) in [6, 6.07) is 8.31. The SMILES string of the molecule is Cc1ccc2c(c1O)C[C@@H](C1CCN(S(=O)(=O)c3cc(Cl)ccc3Cl)CC1)O[C@H]2CN. The highest BCUT2D eigenvalue weighted by Gasteiger charge is 2.38. The van der Waals surface area contributed by atoms with Crippen molar-refractivity contribution in [3.63, 3.8) is 0 Å². The molecule has 0 radical (unpaired) electrons. The average molecular weight is 485 g/mol. The third kappa shape index (κ3) is 4.32. The summed E-state index contributed by atoms with van der Waals surface area (Å²) in [5.74, 6) is 0.475. The lowest BCUT2D eigenvalue weighted by Gasteiger charge is -2.40. The van der Waals surface area contributed by atoms with Crippen LogP contribution >= 0.6 is 23.2 Å². The van der Waals surface area contributed by atoms with Crippen LogP contribution in [0.3, 0.4) is 0 Å². The standard InChI is InChI=1S/C22H26Cl2N2O4S/c1-13-2-4-16-17(22(13)27)11-19(30-20(16)12-25)14-6-8-26(9-7-14)31(28,29)21-10-15(23)3-5-18(21)24/h2-5,10,14,19-20,27H,6-9,11-12,25H2,1H3/t19-,20-/m0/s1. The van der Waals surface area contributed by atoms with E-state index in [1.165, 1.54) is 16.4 Å². The van der Waals surface area contributed by atoms with Crippen molar-refractivity contribution in [1.82, 2.24) is 4.31 Å². The highest BCUT2D eigenvalue weighted by molar-refractivity contribution is 7.89. The fourth-order valence-electron chi connectivity index (χ4n) is 4.58. The van der Waals surface area contributed by atoms with Crippen LogP contribution in [0.1, 0.15) is 35.6 Å². The van der Waals surface area contributed by atoms with Gasteiger partial charge in [-0.1, -0.05) is 35.3 Å². The van der Waals surface area contributed by atoms with Crippen LogP contribution in [0, 0.1) is 12.8 Å². The van der Waals surface area contributed by atoms with Gasteiger partial charge in [0.25, 0.3) is 0 Å². The van der Waals surface area contributed by atoms with Gasteiger partial charge in [0, 0.05) is 36.6 Å². The van der Waals surface area contributed by atoms with Gasteiger partial charge in [0.15, 0.2) is 0 Å². The Morgan fingerprint density at radius 1 is 1.19 bits per heavy atom. The fourth-order valence-corrected chi connectivity index (χ4v) is 6.79. The van der Waals surface area contributed by atoms with Gasteiger partial charge in [-0.05, 0) is 55.0 Å². The maximum atomic E-state index is 13.1.